The Labute approximate surface area is 122 Å². The second-order valence-electron chi connectivity index (χ2n) is 5.32. The molecule has 1 atom stereocenters. The van der Waals surface area contributed by atoms with Gasteiger partial charge >= 0.3 is 0 Å². The highest BCUT2D eigenvalue weighted by Crippen LogP contribution is 2.32. The van der Waals surface area contributed by atoms with E-state index in [0.29, 0.717) is 0 Å². The van der Waals surface area contributed by atoms with Crippen molar-refractivity contribution in [2.45, 2.75) is 39.3 Å². The van der Waals surface area contributed by atoms with Gasteiger partial charge in [0.1, 0.15) is 5.82 Å². The third-order valence-electron chi connectivity index (χ3n) is 3.90. The number of halogens is 1. The van der Waals surface area contributed by atoms with E-state index in [1.807, 2.05) is 0 Å². The minimum Gasteiger partial charge on any atom is -0.332 e. The second-order valence-corrected chi connectivity index (χ2v) is 6.23. The van der Waals surface area contributed by atoms with Crippen LogP contribution in [0.3, 0.4) is 0 Å². The third kappa shape index (κ3) is 2.23. The van der Waals surface area contributed by atoms with Crippen LogP contribution in [-0.4, -0.2) is 15.6 Å². The number of imidazole rings is 1. The molecule has 0 saturated heterocycles. The molecule has 0 bridgehead atoms. The van der Waals surface area contributed by atoms with Gasteiger partial charge in [0.05, 0.1) is 5.69 Å². The molecule has 1 aromatic heterocycles. The topological polar surface area (TPSA) is 43.8 Å². The average Bonchev–Trinajstić information content (AvgIpc) is 2.69. The Morgan fingerprint density at radius 1 is 1.37 bits per heavy atom. The lowest BCUT2D eigenvalue weighted by atomic mass is 9.98. The molecule has 0 radical (unpaired) electrons. The summed E-state index contributed by atoms with van der Waals surface area (Å²) in [5.74, 6) is 1.09. The van der Waals surface area contributed by atoms with Crippen LogP contribution >= 0.6 is 15.9 Å². The van der Waals surface area contributed by atoms with Crippen molar-refractivity contribution in [3.63, 3.8) is 0 Å². The van der Waals surface area contributed by atoms with Gasteiger partial charge in [-0.2, -0.15) is 0 Å². The maximum absolute atomic E-state index is 6.12. The number of hydrogen-bond acceptors (Lipinski definition) is 2. The Bertz CT molecular complexity index is 631. The highest BCUT2D eigenvalue weighted by atomic mass is 79.9. The number of aryl methyl sites for hydroxylation is 2. The van der Waals surface area contributed by atoms with Gasteiger partial charge in [-0.15, -0.1) is 0 Å². The van der Waals surface area contributed by atoms with Gasteiger partial charge < -0.3 is 10.3 Å². The Morgan fingerprint density at radius 2 is 2.16 bits per heavy atom. The zero-order valence-electron chi connectivity index (χ0n) is 11.3. The first-order valence-electron chi connectivity index (χ1n) is 6.64. The molecule has 3 nitrogen and oxygen atoms in total. The minimum absolute atomic E-state index is 0.259. The van der Waals surface area contributed by atoms with E-state index in [0.717, 1.165) is 35.4 Å². The van der Waals surface area contributed by atoms with Crippen molar-refractivity contribution in [3.05, 3.63) is 39.8 Å². The molecule has 1 aromatic carbocycles. The molecule has 1 aliphatic heterocycles. The van der Waals surface area contributed by atoms with Crippen LogP contribution in [0.15, 0.2) is 22.7 Å². The molecule has 0 saturated carbocycles. The molecule has 1 unspecified atom stereocenters. The second kappa shape index (κ2) is 4.76. The Kier molecular flexibility index (Phi) is 3.23. The van der Waals surface area contributed by atoms with Crippen LogP contribution < -0.4 is 5.73 Å². The minimum atomic E-state index is 0.259. The predicted octanol–water partition coefficient (Wildman–Crippen LogP) is 3.20. The Hall–Kier alpha value is -1.13. The van der Waals surface area contributed by atoms with E-state index >= 15 is 0 Å². The fourth-order valence-electron chi connectivity index (χ4n) is 2.82. The molecule has 2 aromatic rings. The van der Waals surface area contributed by atoms with E-state index in [-0.39, 0.29) is 6.04 Å². The van der Waals surface area contributed by atoms with Crippen molar-refractivity contribution in [2.75, 3.05) is 0 Å². The highest BCUT2D eigenvalue weighted by molar-refractivity contribution is 9.10. The first-order chi connectivity index (χ1) is 9.06. The average molecular weight is 320 g/mol. The standard InChI is InChI=1S/C15H18BrN3/c1-9-3-4-11(16)7-13(9)15-14-8-12(17)5-6-19(14)10(2)18-15/h3-4,7,12H,5-6,8,17H2,1-2H3. The summed E-state index contributed by atoms with van der Waals surface area (Å²) in [6, 6.07) is 6.61. The molecule has 100 valence electrons. The summed E-state index contributed by atoms with van der Waals surface area (Å²) in [4.78, 5) is 4.79. The Balaban J connectivity index is 2.18. The van der Waals surface area contributed by atoms with Crippen molar-refractivity contribution >= 4 is 15.9 Å². The number of fused-ring (bicyclic) bond motifs is 1. The summed E-state index contributed by atoms with van der Waals surface area (Å²) >= 11 is 3.55. The molecule has 4 heteroatoms. The van der Waals surface area contributed by atoms with E-state index < -0.39 is 0 Å². The van der Waals surface area contributed by atoms with Crippen LogP contribution in [0.1, 0.15) is 23.5 Å². The summed E-state index contributed by atoms with van der Waals surface area (Å²) < 4.78 is 3.41. The van der Waals surface area contributed by atoms with Crippen LogP contribution in [0.4, 0.5) is 0 Å². The van der Waals surface area contributed by atoms with Crippen molar-refractivity contribution in [1.29, 1.82) is 0 Å². The lowest BCUT2D eigenvalue weighted by Crippen LogP contribution is -2.31. The molecule has 2 heterocycles. The third-order valence-corrected chi connectivity index (χ3v) is 4.39. The van der Waals surface area contributed by atoms with Gasteiger partial charge in [0.25, 0.3) is 0 Å². The normalized spacial score (nSPS) is 18.4. The summed E-state index contributed by atoms with van der Waals surface area (Å²) in [5, 5.41) is 0. The lowest BCUT2D eigenvalue weighted by molar-refractivity contribution is 0.466. The van der Waals surface area contributed by atoms with Crippen molar-refractivity contribution in [1.82, 2.24) is 9.55 Å². The van der Waals surface area contributed by atoms with Crippen molar-refractivity contribution in [2.24, 2.45) is 5.73 Å². The van der Waals surface area contributed by atoms with E-state index in [4.69, 9.17) is 10.7 Å². The molecule has 1 aliphatic rings. The van der Waals surface area contributed by atoms with Gasteiger partial charge in [0.15, 0.2) is 0 Å². The quantitative estimate of drug-likeness (QED) is 0.877. The van der Waals surface area contributed by atoms with E-state index in [9.17, 15) is 0 Å². The molecular weight excluding hydrogens is 302 g/mol. The van der Waals surface area contributed by atoms with Gasteiger partial charge in [0.2, 0.25) is 0 Å². The van der Waals surface area contributed by atoms with Gasteiger partial charge in [-0.3, -0.25) is 0 Å². The SMILES string of the molecule is Cc1ccc(Br)cc1-c1nc(C)n2c1CC(N)CC2. The Morgan fingerprint density at radius 3 is 2.95 bits per heavy atom. The number of aromatic nitrogens is 2. The fraction of sp³-hybridized carbons (Fsp3) is 0.400. The number of benzene rings is 1. The molecule has 0 spiro atoms. The zero-order chi connectivity index (χ0) is 13.6. The zero-order valence-corrected chi connectivity index (χ0v) is 12.9. The predicted molar refractivity (Wildman–Crippen MR) is 81.1 cm³/mol. The van der Waals surface area contributed by atoms with Crippen LogP contribution in [0.5, 0.6) is 0 Å². The monoisotopic (exact) mass is 319 g/mol. The number of hydrogen-bond donors (Lipinski definition) is 1. The summed E-state index contributed by atoms with van der Waals surface area (Å²) in [5.41, 5.74) is 11.0. The molecule has 2 N–H and O–H groups in total. The lowest BCUT2D eigenvalue weighted by Gasteiger charge is -2.22. The van der Waals surface area contributed by atoms with Crippen LogP contribution in [0.25, 0.3) is 11.3 Å². The van der Waals surface area contributed by atoms with Crippen LogP contribution in [0.2, 0.25) is 0 Å². The van der Waals surface area contributed by atoms with Crippen molar-refractivity contribution < 1.29 is 0 Å². The maximum Gasteiger partial charge on any atom is 0.106 e. The van der Waals surface area contributed by atoms with Crippen LogP contribution in [0, 0.1) is 13.8 Å². The first-order valence-corrected chi connectivity index (χ1v) is 7.43. The smallest absolute Gasteiger partial charge is 0.106 e. The van der Waals surface area contributed by atoms with Crippen LogP contribution in [-0.2, 0) is 13.0 Å². The summed E-state index contributed by atoms with van der Waals surface area (Å²) in [6.45, 7) is 5.20. The summed E-state index contributed by atoms with van der Waals surface area (Å²) in [6.07, 6.45) is 1.96. The number of nitrogens with two attached hydrogens (primary N) is 1. The van der Waals surface area contributed by atoms with Gasteiger partial charge in [-0.25, -0.2) is 4.98 Å². The fourth-order valence-corrected chi connectivity index (χ4v) is 3.18. The number of nitrogens with zero attached hydrogens (tertiary/aromatic N) is 2. The van der Waals surface area contributed by atoms with E-state index in [1.54, 1.807) is 0 Å². The summed E-state index contributed by atoms with van der Waals surface area (Å²) in [7, 11) is 0. The first kappa shape index (κ1) is 12.9. The molecule has 0 aliphatic carbocycles. The van der Waals surface area contributed by atoms with E-state index in [1.165, 1.54) is 16.8 Å². The molecule has 0 fully saturated rings. The number of rotatable bonds is 1. The van der Waals surface area contributed by atoms with Gasteiger partial charge in [-0.1, -0.05) is 22.0 Å². The highest BCUT2D eigenvalue weighted by Gasteiger charge is 2.23. The molecular formula is C15H18BrN3. The molecule has 19 heavy (non-hydrogen) atoms. The van der Waals surface area contributed by atoms with Gasteiger partial charge in [0, 0.05) is 34.7 Å². The van der Waals surface area contributed by atoms with Gasteiger partial charge in [-0.05, 0) is 38.0 Å². The van der Waals surface area contributed by atoms with E-state index in [2.05, 4.69) is 52.5 Å². The largest absolute Gasteiger partial charge is 0.332 e. The van der Waals surface area contributed by atoms with Crippen molar-refractivity contribution in [3.8, 4) is 11.3 Å². The molecule has 3 rings (SSSR count). The molecule has 0 amide bonds. The maximum atomic E-state index is 6.12.